The van der Waals surface area contributed by atoms with Gasteiger partial charge in [0.1, 0.15) is 16.2 Å². The fourth-order valence-corrected chi connectivity index (χ4v) is 4.75. The molecule has 7 heteroatoms. The highest BCUT2D eigenvalue weighted by molar-refractivity contribution is 8.00. The molecular formula is C21H16ClN3OS2. The van der Waals surface area contributed by atoms with E-state index in [1.165, 1.54) is 11.8 Å². The van der Waals surface area contributed by atoms with Crippen LogP contribution in [0.3, 0.4) is 0 Å². The zero-order chi connectivity index (χ0) is 19.5. The summed E-state index contributed by atoms with van der Waals surface area (Å²) in [5, 5.41) is 7.50. The second-order valence-corrected chi connectivity index (χ2v) is 8.43. The van der Waals surface area contributed by atoms with Gasteiger partial charge in [0, 0.05) is 21.7 Å². The Morgan fingerprint density at radius 1 is 1.14 bits per heavy atom. The summed E-state index contributed by atoms with van der Waals surface area (Å²) in [6.07, 6.45) is 1.55. The number of anilines is 1. The van der Waals surface area contributed by atoms with Crippen molar-refractivity contribution in [2.24, 2.45) is 0 Å². The average Bonchev–Trinajstić information content (AvgIpc) is 3.13. The monoisotopic (exact) mass is 425 g/mol. The molecule has 0 radical (unpaired) electrons. The number of carbonyl (C=O) groups excluding carboxylic acids is 1. The highest BCUT2D eigenvalue weighted by Gasteiger charge is 2.15. The van der Waals surface area contributed by atoms with Crippen LogP contribution in [-0.4, -0.2) is 21.6 Å². The summed E-state index contributed by atoms with van der Waals surface area (Å²) in [5.74, 6) is 0.213. The number of benzene rings is 2. The fourth-order valence-electron chi connectivity index (χ4n) is 2.83. The number of aromatic nitrogens is 2. The number of halogens is 1. The number of hydrogen-bond donors (Lipinski definition) is 1. The Balaban J connectivity index is 1.57. The molecule has 0 aliphatic heterocycles. The lowest BCUT2D eigenvalue weighted by molar-refractivity contribution is -0.113. The number of para-hydroxylation sites is 1. The summed E-state index contributed by atoms with van der Waals surface area (Å²) in [6.45, 7) is 1.97. The Hall–Kier alpha value is -2.41. The molecule has 0 atom stereocenters. The van der Waals surface area contributed by atoms with Crippen LogP contribution < -0.4 is 5.32 Å². The van der Waals surface area contributed by atoms with Gasteiger partial charge in [-0.15, -0.1) is 11.3 Å². The highest BCUT2D eigenvalue weighted by atomic mass is 35.5. The van der Waals surface area contributed by atoms with Gasteiger partial charge in [0.15, 0.2) is 0 Å². The van der Waals surface area contributed by atoms with E-state index in [9.17, 15) is 4.79 Å². The van der Waals surface area contributed by atoms with Crippen molar-refractivity contribution in [3.05, 3.63) is 70.8 Å². The van der Waals surface area contributed by atoms with Gasteiger partial charge in [-0.1, -0.05) is 53.7 Å². The van der Waals surface area contributed by atoms with Crippen LogP contribution in [0.2, 0.25) is 5.02 Å². The van der Waals surface area contributed by atoms with Crippen molar-refractivity contribution in [3.63, 3.8) is 0 Å². The molecule has 1 N–H and O–H groups in total. The van der Waals surface area contributed by atoms with Gasteiger partial charge in [-0.2, -0.15) is 0 Å². The largest absolute Gasteiger partial charge is 0.325 e. The van der Waals surface area contributed by atoms with E-state index in [2.05, 4.69) is 20.7 Å². The first kappa shape index (κ1) is 18.9. The summed E-state index contributed by atoms with van der Waals surface area (Å²) in [4.78, 5) is 22.1. The molecule has 0 unspecified atom stereocenters. The summed E-state index contributed by atoms with van der Waals surface area (Å²) in [7, 11) is 0. The Morgan fingerprint density at radius 3 is 2.71 bits per heavy atom. The van der Waals surface area contributed by atoms with Crippen molar-refractivity contribution in [2.45, 2.75) is 11.9 Å². The van der Waals surface area contributed by atoms with E-state index in [1.54, 1.807) is 17.7 Å². The van der Waals surface area contributed by atoms with Crippen LogP contribution in [0.5, 0.6) is 0 Å². The first-order valence-electron chi connectivity index (χ1n) is 8.58. The van der Waals surface area contributed by atoms with Gasteiger partial charge in [0.05, 0.1) is 11.1 Å². The van der Waals surface area contributed by atoms with Crippen molar-refractivity contribution >= 4 is 56.5 Å². The van der Waals surface area contributed by atoms with Gasteiger partial charge in [-0.05, 0) is 36.2 Å². The van der Waals surface area contributed by atoms with Crippen LogP contribution in [-0.2, 0) is 4.79 Å². The first-order valence-corrected chi connectivity index (χ1v) is 10.8. The molecule has 4 rings (SSSR count). The van der Waals surface area contributed by atoms with Gasteiger partial charge in [-0.3, -0.25) is 4.79 Å². The minimum Gasteiger partial charge on any atom is -0.325 e. The second kappa shape index (κ2) is 8.31. The molecule has 4 aromatic rings. The molecule has 0 fully saturated rings. The molecular weight excluding hydrogens is 410 g/mol. The van der Waals surface area contributed by atoms with Crippen molar-refractivity contribution in [2.75, 3.05) is 11.1 Å². The molecule has 0 aliphatic rings. The number of carbonyl (C=O) groups is 1. The lowest BCUT2D eigenvalue weighted by Crippen LogP contribution is -2.14. The third-order valence-corrected chi connectivity index (χ3v) is 6.38. The zero-order valence-corrected chi connectivity index (χ0v) is 17.4. The standard InChI is InChI=1S/C21H16ClN3OS2/c1-13-4-2-3-5-17(13)25-18(26)11-28-21-19-16(10-27-20(19)23-12-24-21)14-6-8-15(22)9-7-14/h2-10,12H,11H2,1H3,(H,25,26). The number of amides is 1. The number of nitrogens with one attached hydrogen (secondary N) is 1. The maximum absolute atomic E-state index is 12.4. The zero-order valence-electron chi connectivity index (χ0n) is 15.0. The minimum absolute atomic E-state index is 0.0608. The highest BCUT2D eigenvalue weighted by Crippen LogP contribution is 2.38. The quantitative estimate of drug-likeness (QED) is 0.312. The Bertz CT molecular complexity index is 1140. The number of rotatable bonds is 5. The summed E-state index contributed by atoms with van der Waals surface area (Å²) >= 11 is 9.00. The van der Waals surface area contributed by atoms with Gasteiger partial charge < -0.3 is 5.32 Å². The number of thiophene rings is 1. The molecule has 28 heavy (non-hydrogen) atoms. The molecule has 0 aliphatic carbocycles. The normalized spacial score (nSPS) is 10.9. The number of thioether (sulfide) groups is 1. The van der Waals surface area contributed by atoms with Crippen LogP contribution >= 0.6 is 34.7 Å². The molecule has 2 heterocycles. The van der Waals surface area contributed by atoms with E-state index < -0.39 is 0 Å². The van der Waals surface area contributed by atoms with Gasteiger partial charge in [-0.25, -0.2) is 9.97 Å². The molecule has 0 saturated heterocycles. The van der Waals surface area contributed by atoms with E-state index in [0.29, 0.717) is 5.02 Å². The topological polar surface area (TPSA) is 54.9 Å². The summed E-state index contributed by atoms with van der Waals surface area (Å²) in [6, 6.07) is 15.4. The van der Waals surface area contributed by atoms with Crippen LogP contribution in [0.25, 0.3) is 21.3 Å². The predicted molar refractivity (Wildman–Crippen MR) is 118 cm³/mol. The number of fused-ring (bicyclic) bond motifs is 1. The fraction of sp³-hybridized carbons (Fsp3) is 0.0952. The van der Waals surface area contributed by atoms with E-state index in [4.69, 9.17) is 11.6 Å². The van der Waals surface area contributed by atoms with E-state index in [1.807, 2.05) is 55.5 Å². The van der Waals surface area contributed by atoms with Crippen molar-refractivity contribution in [1.82, 2.24) is 9.97 Å². The van der Waals surface area contributed by atoms with Crippen LogP contribution in [0.15, 0.2) is 65.3 Å². The summed E-state index contributed by atoms with van der Waals surface area (Å²) < 4.78 is 0. The average molecular weight is 426 g/mol. The van der Waals surface area contributed by atoms with E-state index in [-0.39, 0.29) is 11.7 Å². The molecule has 1 amide bonds. The predicted octanol–water partition coefficient (Wildman–Crippen LogP) is 6.05. The lowest BCUT2D eigenvalue weighted by atomic mass is 10.1. The van der Waals surface area contributed by atoms with E-state index in [0.717, 1.165) is 37.6 Å². The molecule has 4 nitrogen and oxygen atoms in total. The molecule has 0 saturated carbocycles. The van der Waals surface area contributed by atoms with Crippen molar-refractivity contribution in [1.29, 1.82) is 0 Å². The maximum Gasteiger partial charge on any atom is 0.234 e. The lowest BCUT2D eigenvalue weighted by Gasteiger charge is -2.08. The third-order valence-electron chi connectivity index (χ3n) is 4.25. The van der Waals surface area contributed by atoms with Crippen LogP contribution in [0, 0.1) is 6.92 Å². The second-order valence-electron chi connectivity index (χ2n) is 6.17. The number of nitrogens with zero attached hydrogens (tertiary/aromatic N) is 2. The SMILES string of the molecule is Cc1ccccc1NC(=O)CSc1ncnc2scc(-c3ccc(Cl)cc3)c12. The number of aryl methyl sites for hydroxylation is 1. The van der Waals surface area contributed by atoms with Gasteiger partial charge in [0.2, 0.25) is 5.91 Å². The molecule has 0 spiro atoms. The summed E-state index contributed by atoms with van der Waals surface area (Å²) in [5.41, 5.74) is 3.97. The smallest absolute Gasteiger partial charge is 0.234 e. The number of hydrogen-bond acceptors (Lipinski definition) is 5. The third kappa shape index (κ3) is 4.04. The Morgan fingerprint density at radius 2 is 1.93 bits per heavy atom. The van der Waals surface area contributed by atoms with Crippen LogP contribution in [0.4, 0.5) is 5.69 Å². The van der Waals surface area contributed by atoms with Gasteiger partial charge in [0.25, 0.3) is 0 Å². The molecule has 0 bridgehead atoms. The van der Waals surface area contributed by atoms with Crippen LogP contribution in [0.1, 0.15) is 5.56 Å². The van der Waals surface area contributed by atoms with Crippen molar-refractivity contribution < 1.29 is 4.79 Å². The van der Waals surface area contributed by atoms with E-state index >= 15 is 0 Å². The van der Waals surface area contributed by atoms with Crippen molar-refractivity contribution in [3.8, 4) is 11.1 Å². The Kier molecular flexibility index (Phi) is 5.62. The molecule has 140 valence electrons. The van der Waals surface area contributed by atoms with Gasteiger partial charge >= 0.3 is 0 Å². The maximum atomic E-state index is 12.4. The Labute approximate surface area is 176 Å². The molecule has 2 aromatic heterocycles. The molecule has 2 aromatic carbocycles. The minimum atomic E-state index is -0.0608. The first-order chi connectivity index (χ1) is 13.6.